The van der Waals surface area contributed by atoms with E-state index in [0.29, 0.717) is 0 Å². The van der Waals surface area contributed by atoms with E-state index < -0.39 is 0 Å². The fraction of sp³-hybridized carbons (Fsp3) is 0.333. The summed E-state index contributed by atoms with van der Waals surface area (Å²) < 4.78 is 19.0. The summed E-state index contributed by atoms with van der Waals surface area (Å²) in [6.45, 7) is 5.76. The maximum absolute atomic E-state index is 13.3. The molecule has 0 aliphatic rings. The zero-order valence-corrected chi connectivity index (χ0v) is 11.2. The van der Waals surface area contributed by atoms with E-state index in [1.165, 1.54) is 0 Å². The van der Waals surface area contributed by atoms with Crippen LogP contribution in [0.25, 0.3) is 0 Å². The first-order chi connectivity index (χ1) is 8.52. The summed E-state index contributed by atoms with van der Waals surface area (Å²) in [4.78, 5) is 0. The van der Waals surface area contributed by atoms with Crippen LogP contribution in [0.2, 0.25) is 0 Å². The molecule has 0 saturated carbocycles. The van der Waals surface area contributed by atoms with Gasteiger partial charge in [-0.3, -0.25) is 0 Å². The molecule has 1 aromatic carbocycles. The largest absolute Gasteiger partial charge is 0.464 e. The van der Waals surface area contributed by atoms with Crippen LogP contribution in [0.5, 0.6) is 0 Å². The molecule has 0 fully saturated rings. The van der Waals surface area contributed by atoms with Gasteiger partial charge >= 0.3 is 0 Å². The first-order valence-electron chi connectivity index (χ1n) is 6.03. The lowest BCUT2D eigenvalue weighted by atomic mass is 9.94. The van der Waals surface area contributed by atoms with E-state index in [9.17, 15) is 4.39 Å². The molecular weight excluding hydrogens is 229 g/mol. The molecule has 1 aromatic heterocycles. The summed E-state index contributed by atoms with van der Waals surface area (Å²) >= 11 is 0. The maximum Gasteiger partial charge on any atom is 0.125 e. The van der Waals surface area contributed by atoms with Crippen LogP contribution in [0.1, 0.15) is 34.3 Å². The molecule has 0 bridgehead atoms. The van der Waals surface area contributed by atoms with E-state index in [0.717, 1.165) is 28.2 Å². The summed E-state index contributed by atoms with van der Waals surface area (Å²) in [6, 6.07) is 6.97. The Labute approximate surface area is 107 Å². The number of aryl methyl sites for hydroxylation is 3. The highest BCUT2D eigenvalue weighted by Gasteiger charge is 2.20. The van der Waals surface area contributed by atoms with E-state index in [1.54, 1.807) is 12.1 Å². The summed E-state index contributed by atoms with van der Waals surface area (Å²) in [6.07, 6.45) is 0. The van der Waals surface area contributed by atoms with E-state index in [4.69, 9.17) is 4.42 Å². The highest BCUT2D eigenvalue weighted by Crippen LogP contribution is 2.29. The van der Waals surface area contributed by atoms with Crippen LogP contribution in [0.4, 0.5) is 4.39 Å². The van der Waals surface area contributed by atoms with Crippen molar-refractivity contribution in [2.24, 2.45) is 0 Å². The number of halogens is 1. The Bertz CT molecular complexity index is 536. The van der Waals surface area contributed by atoms with Crippen molar-refractivity contribution in [2.75, 3.05) is 7.05 Å². The van der Waals surface area contributed by atoms with Gasteiger partial charge in [0.2, 0.25) is 0 Å². The molecule has 1 unspecified atom stereocenters. The Morgan fingerprint density at radius 3 is 2.17 bits per heavy atom. The minimum absolute atomic E-state index is 0.0423. The molecule has 0 aliphatic heterocycles. The zero-order chi connectivity index (χ0) is 13.3. The van der Waals surface area contributed by atoms with Crippen LogP contribution in [-0.4, -0.2) is 7.05 Å². The van der Waals surface area contributed by atoms with Gasteiger partial charge in [-0.25, -0.2) is 4.39 Å². The molecule has 0 spiro atoms. The molecule has 0 amide bonds. The third-order valence-corrected chi connectivity index (χ3v) is 3.18. The minimum atomic E-state index is -0.195. The van der Waals surface area contributed by atoms with E-state index >= 15 is 0 Å². The summed E-state index contributed by atoms with van der Waals surface area (Å²) in [5.41, 5.74) is 2.94. The molecule has 0 saturated heterocycles. The predicted octanol–water partition coefficient (Wildman–Crippen LogP) is 3.65. The van der Waals surface area contributed by atoms with E-state index in [2.05, 4.69) is 5.32 Å². The predicted molar refractivity (Wildman–Crippen MR) is 70.2 cm³/mol. The Hall–Kier alpha value is -1.61. The Morgan fingerprint density at radius 1 is 1.11 bits per heavy atom. The van der Waals surface area contributed by atoms with E-state index in [1.807, 2.05) is 40.0 Å². The second-order valence-electron chi connectivity index (χ2n) is 4.62. The number of hydrogen-bond acceptors (Lipinski definition) is 2. The van der Waals surface area contributed by atoms with Gasteiger partial charge < -0.3 is 9.73 Å². The van der Waals surface area contributed by atoms with Crippen molar-refractivity contribution >= 4 is 0 Å². The van der Waals surface area contributed by atoms with Crippen molar-refractivity contribution in [1.82, 2.24) is 5.32 Å². The number of hydrogen-bond donors (Lipinski definition) is 1. The van der Waals surface area contributed by atoms with Crippen LogP contribution in [-0.2, 0) is 0 Å². The number of rotatable bonds is 3. The zero-order valence-electron chi connectivity index (χ0n) is 11.2. The van der Waals surface area contributed by atoms with Crippen molar-refractivity contribution < 1.29 is 8.81 Å². The molecule has 0 radical (unpaired) electrons. The average molecular weight is 247 g/mol. The third kappa shape index (κ3) is 2.31. The first kappa shape index (κ1) is 12.8. The second kappa shape index (κ2) is 4.94. The number of benzene rings is 1. The molecular formula is C15H18FNO. The summed E-state index contributed by atoms with van der Waals surface area (Å²) in [7, 11) is 1.88. The van der Waals surface area contributed by atoms with Crippen LogP contribution in [0.3, 0.4) is 0 Å². The SMILES string of the molecule is CNC(c1ccc(C)o1)c1c(C)cc(F)cc1C. The molecule has 1 N–H and O–H groups in total. The van der Waals surface area contributed by atoms with Gasteiger partial charge in [-0.2, -0.15) is 0 Å². The lowest BCUT2D eigenvalue weighted by Crippen LogP contribution is -2.19. The van der Waals surface area contributed by atoms with Gasteiger partial charge in [0.25, 0.3) is 0 Å². The van der Waals surface area contributed by atoms with Gasteiger partial charge in [0.05, 0.1) is 6.04 Å². The normalized spacial score (nSPS) is 12.7. The monoisotopic (exact) mass is 247 g/mol. The Balaban J connectivity index is 2.51. The van der Waals surface area contributed by atoms with Gasteiger partial charge in [-0.15, -0.1) is 0 Å². The average Bonchev–Trinajstić information content (AvgIpc) is 2.69. The van der Waals surface area contributed by atoms with Crippen molar-refractivity contribution in [3.05, 3.63) is 58.3 Å². The molecule has 2 aromatic rings. The molecule has 18 heavy (non-hydrogen) atoms. The van der Waals surface area contributed by atoms with Gasteiger partial charge in [-0.1, -0.05) is 0 Å². The van der Waals surface area contributed by atoms with Crippen molar-refractivity contribution in [3.63, 3.8) is 0 Å². The quantitative estimate of drug-likeness (QED) is 0.895. The molecule has 1 heterocycles. The molecule has 96 valence electrons. The standard InChI is InChI=1S/C15H18FNO/c1-9-7-12(16)8-10(2)14(9)15(17-4)13-6-5-11(3)18-13/h5-8,15,17H,1-4H3. The molecule has 2 rings (SSSR count). The highest BCUT2D eigenvalue weighted by molar-refractivity contribution is 5.40. The Kier molecular flexibility index (Phi) is 3.53. The van der Waals surface area contributed by atoms with Crippen LogP contribution in [0.15, 0.2) is 28.7 Å². The van der Waals surface area contributed by atoms with Crippen LogP contribution in [0, 0.1) is 26.6 Å². The van der Waals surface area contributed by atoms with Crippen molar-refractivity contribution in [2.45, 2.75) is 26.8 Å². The lowest BCUT2D eigenvalue weighted by molar-refractivity contribution is 0.442. The molecule has 0 aliphatic carbocycles. The second-order valence-corrected chi connectivity index (χ2v) is 4.62. The van der Waals surface area contributed by atoms with Crippen molar-refractivity contribution in [3.8, 4) is 0 Å². The molecule has 3 heteroatoms. The van der Waals surface area contributed by atoms with Gasteiger partial charge in [0, 0.05) is 0 Å². The summed E-state index contributed by atoms with van der Waals surface area (Å²) in [5.74, 6) is 1.54. The smallest absolute Gasteiger partial charge is 0.125 e. The molecule has 2 nitrogen and oxygen atoms in total. The van der Waals surface area contributed by atoms with Crippen molar-refractivity contribution in [1.29, 1.82) is 0 Å². The first-order valence-corrected chi connectivity index (χ1v) is 6.03. The highest BCUT2D eigenvalue weighted by atomic mass is 19.1. The molecule has 1 atom stereocenters. The van der Waals surface area contributed by atoms with Crippen LogP contribution < -0.4 is 5.32 Å². The topological polar surface area (TPSA) is 25.2 Å². The number of furan rings is 1. The number of nitrogens with one attached hydrogen (secondary N) is 1. The van der Waals surface area contributed by atoms with Gasteiger partial charge in [-0.05, 0) is 68.8 Å². The lowest BCUT2D eigenvalue weighted by Gasteiger charge is -2.19. The van der Waals surface area contributed by atoms with Gasteiger partial charge in [0.15, 0.2) is 0 Å². The van der Waals surface area contributed by atoms with E-state index in [-0.39, 0.29) is 11.9 Å². The Morgan fingerprint density at radius 2 is 1.72 bits per heavy atom. The third-order valence-electron chi connectivity index (χ3n) is 3.18. The fourth-order valence-electron chi connectivity index (χ4n) is 2.41. The summed E-state index contributed by atoms with van der Waals surface area (Å²) in [5, 5.41) is 3.23. The fourth-order valence-corrected chi connectivity index (χ4v) is 2.41. The van der Waals surface area contributed by atoms with Crippen LogP contribution >= 0.6 is 0 Å². The minimum Gasteiger partial charge on any atom is -0.464 e. The maximum atomic E-state index is 13.3. The van der Waals surface area contributed by atoms with Gasteiger partial charge in [0.1, 0.15) is 17.3 Å².